The molecule has 0 N–H and O–H groups in total. The second-order valence-corrected chi connectivity index (χ2v) is 23.2. The Labute approximate surface area is 463 Å². The summed E-state index contributed by atoms with van der Waals surface area (Å²) in [6, 6.07) is 81.4. The molecule has 80 heavy (non-hydrogen) atoms. The first kappa shape index (κ1) is 45.1. The van der Waals surface area contributed by atoms with Crippen molar-refractivity contribution in [1.82, 2.24) is 4.98 Å². The van der Waals surface area contributed by atoms with Gasteiger partial charge in [0.2, 0.25) is 0 Å². The van der Waals surface area contributed by atoms with Gasteiger partial charge in [-0.05, 0) is 116 Å². The van der Waals surface area contributed by atoms with E-state index in [4.69, 9.17) is 13.8 Å². The van der Waals surface area contributed by atoms with Crippen LogP contribution >= 0.6 is 0 Å². The minimum absolute atomic E-state index is 0.218. The first-order valence-electron chi connectivity index (χ1n) is 27.7. The Morgan fingerprint density at radius 1 is 0.425 bits per heavy atom. The van der Waals surface area contributed by atoms with Crippen molar-refractivity contribution in [2.24, 2.45) is 0 Å². The van der Waals surface area contributed by atoms with Crippen LogP contribution in [0.4, 0.5) is 34.3 Å². The molecule has 5 heterocycles. The van der Waals surface area contributed by atoms with Crippen LogP contribution in [0.25, 0.3) is 66.1 Å². The van der Waals surface area contributed by atoms with Crippen LogP contribution in [0.5, 0.6) is 0 Å². The predicted octanol–water partition coefficient (Wildman–Crippen LogP) is 19.3. The van der Waals surface area contributed by atoms with Crippen molar-refractivity contribution in [3.05, 3.63) is 280 Å². The normalized spacial score (nSPS) is 16.6. The number of nitriles is 1. The Hall–Kier alpha value is -9.96. The van der Waals surface area contributed by atoms with E-state index in [-0.39, 0.29) is 11.8 Å². The van der Waals surface area contributed by atoms with Gasteiger partial charge in [0.05, 0.1) is 39.9 Å². The van der Waals surface area contributed by atoms with Gasteiger partial charge in [-0.15, -0.1) is 0 Å². The molecule has 0 atom stereocenters. The zero-order valence-corrected chi connectivity index (χ0v) is 44.5. The molecule has 3 aliphatic carbocycles. The zero-order valence-electron chi connectivity index (χ0n) is 44.5. The minimum Gasteiger partial charge on any atom is -0.456 e. The van der Waals surface area contributed by atoms with E-state index in [1.54, 1.807) is 0 Å². The highest BCUT2D eigenvalue weighted by molar-refractivity contribution is 6.12. The van der Waals surface area contributed by atoms with Crippen molar-refractivity contribution >= 4 is 78.1 Å². The van der Waals surface area contributed by atoms with E-state index in [0.717, 1.165) is 122 Å². The number of nitrogens with zero attached hydrogens (tertiary/aromatic N) is 4. The van der Waals surface area contributed by atoms with Crippen molar-refractivity contribution in [3.63, 3.8) is 0 Å². The van der Waals surface area contributed by atoms with Crippen molar-refractivity contribution in [1.29, 1.82) is 5.26 Å². The van der Waals surface area contributed by atoms with E-state index in [1.807, 2.05) is 12.1 Å². The quantitative estimate of drug-likeness (QED) is 0.175. The van der Waals surface area contributed by atoms with Gasteiger partial charge in [0.1, 0.15) is 34.1 Å². The van der Waals surface area contributed by atoms with Gasteiger partial charge in [-0.1, -0.05) is 185 Å². The first-order chi connectivity index (χ1) is 39.2. The monoisotopic (exact) mass is 1030 g/mol. The third-order valence-electron chi connectivity index (χ3n) is 18.4. The Morgan fingerprint density at radius 2 is 0.850 bits per heavy atom. The lowest BCUT2D eigenvalue weighted by Gasteiger charge is -2.47. The highest BCUT2D eigenvalue weighted by atomic mass is 16.3. The highest BCUT2D eigenvalue weighted by Gasteiger charge is 2.50. The lowest BCUT2D eigenvalue weighted by Crippen LogP contribution is -2.36. The maximum absolute atomic E-state index is 12.6. The fourth-order valence-electron chi connectivity index (χ4n) is 14.8. The van der Waals surface area contributed by atoms with Crippen molar-refractivity contribution in [2.45, 2.75) is 50.4 Å². The molecule has 10 aromatic carbocycles. The molecule has 378 valence electrons. The third kappa shape index (κ3) is 5.88. The number of hydrogen-bond donors (Lipinski definition) is 0. The van der Waals surface area contributed by atoms with Gasteiger partial charge in [-0.2, -0.15) is 5.26 Å². The number of pyridine rings is 1. The third-order valence-corrected chi connectivity index (χ3v) is 18.4. The van der Waals surface area contributed by atoms with E-state index in [1.165, 1.54) is 22.3 Å². The van der Waals surface area contributed by atoms with E-state index in [2.05, 4.69) is 250 Å². The molecule has 6 heteroatoms. The maximum Gasteiger partial charge on any atom is 0.163 e. The SMILES string of the molecule is CC1(C)c2cc(-c3ccccc3)ccc2N(c2nc3c(c(C#N)c2N2c4ccc(-c5ccccc5)cc4C(C)(C)c4c2ccc2c4oc4ccccc42)C2c4ccccc4C3c3ccccc32)c2ccc3c(oc4ccccc43)c21. The van der Waals surface area contributed by atoms with Gasteiger partial charge in [0, 0.05) is 55.0 Å². The summed E-state index contributed by atoms with van der Waals surface area (Å²) < 4.78 is 14.2. The number of rotatable bonds is 4. The van der Waals surface area contributed by atoms with Gasteiger partial charge < -0.3 is 13.7 Å². The van der Waals surface area contributed by atoms with E-state index >= 15 is 0 Å². The number of furan rings is 2. The molecular formula is C74H50N4O2. The highest BCUT2D eigenvalue weighted by Crippen LogP contribution is 2.64. The standard InChI is InChI=1S/C74H50N4O2/c1-73(2)55-39-44(42-19-7-5-8-20-42)31-35-57(55)77(59-37-33-52-46-23-15-17-29-61(46)79-70(52)66(59)73)69-54(41-75)65-63-48-25-11-13-27-50(48)64(51-28-14-12-26-49(51)63)68(65)76-72(69)78-58-36-32-45(43-21-9-6-10-22-43)40-56(58)74(3,4)67-60(78)38-34-53-47-24-16-18-30-62(47)80-71(53)67/h5-40,63-64H,1-4H3. The number of fused-ring (bicyclic) bond motifs is 12. The molecule has 0 fully saturated rings. The van der Waals surface area contributed by atoms with Gasteiger partial charge in [-0.3, -0.25) is 4.90 Å². The van der Waals surface area contributed by atoms with Crippen LogP contribution in [0.15, 0.2) is 227 Å². The number of hydrogen-bond acceptors (Lipinski definition) is 6. The fraction of sp³-hybridized carbons (Fsp3) is 0.108. The Kier molecular flexibility index (Phi) is 9.06. The zero-order chi connectivity index (χ0) is 53.3. The fourth-order valence-corrected chi connectivity index (χ4v) is 14.8. The van der Waals surface area contributed by atoms with Crippen LogP contribution in [-0.2, 0) is 10.8 Å². The second kappa shape index (κ2) is 16.1. The number of anilines is 6. The molecule has 2 bridgehead atoms. The number of para-hydroxylation sites is 2. The summed E-state index contributed by atoms with van der Waals surface area (Å²) in [6.07, 6.45) is 0. The lowest BCUT2D eigenvalue weighted by molar-refractivity contribution is 0.600. The summed E-state index contributed by atoms with van der Waals surface area (Å²) in [7, 11) is 0. The molecule has 5 aliphatic rings. The molecule has 0 amide bonds. The Bertz CT molecular complexity index is 4830. The van der Waals surface area contributed by atoms with Crippen molar-refractivity contribution < 1.29 is 8.83 Å². The average Bonchev–Trinajstić information content (AvgIpc) is 4.21. The van der Waals surface area contributed by atoms with Gasteiger partial charge in [0.15, 0.2) is 5.82 Å². The van der Waals surface area contributed by atoms with Crippen molar-refractivity contribution in [3.8, 4) is 28.3 Å². The average molecular weight is 1030 g/mol. The van der Waals surface area contributed by atoms with E-state index in [9.17, 15) is 5.26 Å². The molecule has 3 aromatic heterocycles. The summed E-state index contributed by atoms with van der Waals surface area (Å²) in [6.45, 7) is 9.33. The van der Waals surface area contributed by atoms with Crippen LogP contribution in [0.3, 0.4) is 0 Å². The Balaban J connectivity index is 1.05. The number of benzene rings is 10. The van der Waals surface area contributed by atoms with Gasteiger partial charge in [-0.25, -0.2) is 4.98 Å². The number of aromatic nitrogens is 1. The van der Waals surface area contributed by atoms with Crippen LogP contribution in [0, 0.1) is 11.3 Å². The van der Waals surface area contributed by atoms with Crippen LogP contribution in [-0.4, -0.2) is 4.98 Å². The lowest BCUT2D eigenvalue weighted by atomic mass is 9.61. The largest absolute Gasteiger partial charge is 0.456 e. The van der Waals surface area contributed by atoms with Crippen LogP contribution in [0.2, 0.25) is 0 Å². The van der Waals surface area contributed by atoms with E-state index in [0.29, 0.717) is 17.1 Å². The molecule has 6 nitrogen and oxygen atoms in total. The molecule has 0 spiro atoms. The van der Waals surface area contributed by atoms with Crippen LogP contribution in [0.1, 0.15) is 101 Å². The van der Waals surface area contributed by atoms with Gasteiger partial charge >= 0.3 is 0 Å². The van der Waals surface area contributed by atoms with Gasteiger partial charge in [0.25, 0.3) is 0 Å². The van der Waals surface area contributed by atoms with Crippen molar-refractivity contribution in [2.75, 3.05) is 9.80 Å². The summed E-state index contributed by atoms with van der Waals surface area (Å²) >= 11 is 0. The molecule has 0 saturated carbocycles. The molecule has 0 saturated heterocycles. The summed E-state index contributed by atoms with van der Waals surface area (Å²) in [5.74, 6) is 0.209. The maximum atomic E-state index is 12.6. The molecule has 0 unspecified atom stereocenters. The molecule has 18 rings (SSSR count). The smallest absolute Gasteiger partial charge is 0.163 e. The molecular weight excluding hydrogens is 977 g/mol. The Morgan fingerprint density at radius 3 is 1.35 bits per heavy atom. The summed E-state index contributed by atoms with van der Waals surface area (Å²) in [5.41, 5.74) is 22.9. The molecule has 0 radical (unpaired) electrons. The minimum atomic E-state index is -0.583. The molecule has 13 aromatic rings. The van der Waals surface area contributed by atoms with Crippen LogP contribution < -0.4 is 9.80 Å². The van der Waals surface area contributed by atoms with E-state index < -0.39 is 10.8 Å². The predicted molar refractivity (Wildman–Crippen MR) is 323 cm³/mol. The summed E-state index contributed by atoms with van der Waals surface area (Å²) in [4.78, 5) is 11.0. The topological polar surface area (TPSA) is 69.4 Å². The second-order valence-electron chi connectivity index (χ2n) is 23.2. The first-order valence-corrected chi connectivity index (χ1v) is 27.7. The molecule has 2 aliphatic heterocycles. The summed E-state index contributed by atoms with van der Waals surface area (Å²) in [5, 5.41) is 16.9.